The Morgan fingerprint density at radius 1 is 1.09 bits per heavy atom. The van der Waals surface area contributed by atoms with E-state index < -0.39 is 5.41 Å². The molecule has 1 amide bonds. The largest absolute Gasteiger partial charge is 0.354 e. The molecule has 9 heteroatoms. The van der Waals surface area contributed by atoms with Crippen molar-refractivity contribution in [3.05, 3.63) is 53.5 Å². The molecule has 0 unspecified atom stereocenters. The van der Waals surface area contributed by atoms with Crippen molar-refractivity contribution in [2.75, 3.05) is 41.7 Å². The van der Waals surface area contributed by atoms with Gasteiger partial charge in [0, 0.05) is 61.5 Å². The summed E-state index contributed by atoms with van der Waals surface area (Å²) in [4.78, 5) is 24.3. The zero-order valence-corrected chi connectivity index (χ0v) is 20.4. The van der Waals surface area contributed by atoms with Crippen LogP contribution in [0.4, 0.5) is 23.1 Å². The second kappa shape index (κ2) is 10.2. The van der Waals surface area contributed by atoms with E-state index in [1.165, 1.54) is 0 Å². The van der Waals surface area contributed by atoms with E-state index in [1.807, 2.05) is 57.2 Å². The maximum absolute atomic E-state index is 12.4. The molecule has 3 aromatic rings. The van der Waals surface area contributed by atoms with Crippen LogP contribution in [0.15, 0.2) is 36.4 Å². The Morgan fingerprint density at radius 3 is 2.59 bits per heavy atom. The zero-order chi connectivity index (χ0) is 24.1. The molecule has 34 heavy (non-hydrogen) atoms. The van der Waals surface area contributed by atoms with Gasteiger partial charge in [0.25, 0.3) is 0 Å². The lowest BCUT2D eigenvalue weighted by Crippen LogP contribution is -2.44. The molecule has 1 saturated heterocycles. The Hall–Kier alpha value is -3.46. The number of H-pyrrole nitrogens is 1. The third-order valence-electron chi connectivity index (χ3n) is 5.70. The van der Waals surface area contributed by atoms with Crippen molar-refractivity contribution in [3.8, 4) is 0 Å². The van der Waals surface area contributed by atoms with Crippen molar-refractivity contribution >= 4 is 29.0 Å². The summed E-state index contributed by atoms with van der Waals surface area (Å²) < 4.78 is 0. The number of nitrogens with one attached hydrogen (secondary N) is 4. The fraction of sp³-hybridized carbons (Fsp3) is 0.440. The maximum atomic E-state index is 12.4. The van der Waals surface area contributed by atoms with E-state index in [9.17, 15) is 4.79 Å². The number of carbonyl (C=O) groups is 1. The van der Waals surface area contributed by atoms with Gasteiger partial charge >= 0.3 is 0 Å². The molecule has 0 spiro atoms. The highest BCUT2D eigenvalue weighted by Crippen LogP contribution is 2.23. The molecule has 1 aromatic carbocycles. The predicted molar refractivity (Wildman–Crippen MR) is 136 cm³/mol. The summed E-state index contributed by atoms with van der Waals surface area (Å²) in [6.07, 6.45) is 1.44. The quantitative estimate of drug-likeness (QED) is 0.425. The van der Waals surface area contributed by atoms with Crippen LogP contribution >= 0.6 is 0 Å². The van der Waals surface area contributed by atoms with Gasteiger partial charge in [-0.25, -0.2) is 9.97 Å². The molecule has 4 rings (SSSR count). The van der Waals surface area contributed by atoms with Gasteiger partial charge in [-0.05, 0) is 24.1 Å². The highest BCUT2D eigenvalue weighted by molar-refractivity contribution is 5.94. The molecular weight excluding hydrogens is 428 g/mol. The van der Waals surface area contributed by atoms with Crippen LogP contribution in [-0.2, 0) is 17.6 Å². The van der Waals surface area contributed by atoms with Crippen LogP contribution < -0.4 is 20.9 Å². The van der Waals surface area contributed by atoms with E-state index in [0.717, 1.165) is 61.2 Å². The number of amides is 1. The topological polar surface area (TPSA) is 111 Å². The first-order valence-electron chi connectivity index (χ1n) is 11.9. The van der Waals surface area contributed by atoms with Gasteiger partial charge < -0.3 is 20.9 Å². The summed E-state index contributed by atoms with van der Waals surface area (Å²) in [7, 11) is 0. The molecule has 1 fully saturated rings. The fourth-order valence-electron chi connectivity index (χ4n) is 3.68. The van der Waals surface area contributed by atoms with Gasteiger partial charge in [0.2, 0.25) is 5.91 Å². The zero-order valence-electron chi connectivity index (χ0n) is 20.4. The minimum absolute atomic E-state index is 0.0152. The molecule has 2 aromatic heterocycles. The monoisotopic (exact) mass is 462 g/mol. The SMILES string of the molecule is CCc1cc(Nc2cc(N3CCNCC3)nc(Cc3cccc(NC(=O)C(C)(C)C)c3)n2)n[nH]1. The van der Waals surface area contributed by atoms with Gasteiger partial charge in [0.1, 0.15) is 17.5 Å². The molecule has 0 aliphatic carbocycles. The molecule has 0 radical (unpaired) electrons. The number of aromatic amines is 1. The Bertz CT molecular complexity index is 1130. The normalized spacial score (nSPS) is 14.2. The summed E-state index contributed by atoms with van der Waals surface area (Å²) in [5.41, 5.74) is 2.41. The molecule has 1 aliphatic heterocycles. The minimum atomic E-state index is -0.457. The van der Waals surface area contributed by atoms with E-state index >= 15 is 0 Å². The lowest BCUT2D eigenvalue weighted by atomic mass is 9.95. The number of benzene rings is 1. The second-order valence-corrected chi connectivity index (χ2v) is 9.60. The molecule has 3 heterocycles. The van der Waals surface area contributed by atoms with Gasteiger partial charge in [-0.15, -0.1) is 0 Å². The van der Waals surface area contributed by atoms with Crippen LogP contribution in [-0.4, -0.2) is 52.3 Å². The molecule has 9 nitrogen and oxygen atoms in total. The lowest BCUT2D eigenvalue weighted by molar-refractivity contribution is -0.123. The van der Waals surface area contributed by atoms with Crippen molar-refractivity contribution in [3.63, 3.8) is 0 Å². The first-order chi connectivity index (χ1) is 16.3. The number of nitrogens with zero attached hydrogens (tertiary/aromatic N) is 4. The van der Waals surface area contributed by atoms with Crippen molar-refractivity contribution < 1.29 is 4.79 Å². The van der Waals surface area contributed by atoms with Crippen LogP contribution in [0.1, 0.15) is 44.8 Å². The molecule has 180 valence electrons. The van der Waals surface area contributed by atoms with E-state index in [4.69, 9.17) is 9.97 Å². The van der Waals surface area contributed by atoms with Gasteiger partial charge in [0.05, 0.1) is 0 Å². The second-order valence-electron chi connectivity index (χ2n) is 9.60. The molecule has 0 bridgehead atoms. The molecule has 1 aliphatic rings. The van der Waals surface area contributed by atoms with Crippen molar-refractivity contribution in [1.82, 2.24) is 25.5 Å². The number of piperazine rings is 1. The third-order valence-corrected chi connectivity index (χ3v) is 5.70. The van der Waals surface area contributed by atoms with Crippen LogP contribution in [0.2, 0.25) is 0 Å². The van der Waals surface area contributed by atoms with Gasteiger partial charge in [-0.3, -0.25) is 9.89 Å². The summed E-state index contributed by atoms with van der Waals surface area (Å²) in [6, 6.07) is 11.8. The van der Waals surface area contributed by atoms with Crippen LogP contribution in [0.25, 0.3) is 0 Å². The highest BCUT2D eigenvalue weighted by Gasteiger charge is 2.21. The molecular formula is C25H34N8O. The molecule has 0 atom stereocenters. The number of rotatable bonds is 7. The number of hydrogen-bond donors (Lipinski definition) is 4. The van der Waals surface area contributed by atoms with E-state index in [1.54, 1.807) is 0 Å². The highest BCUT2D eigenvalue weighted by atomic mass is 16.2. The molecule has 4 N–H and O–H groups in total. The summed E-state index contributed by atoms with van der Waals surface area (Å²) in [5, 5.41) is 17.1. The number of hydrogen-bond acceptors (Lipinski definition) is 7. The average molecular weight is 463 g/mol. The van der Waals surface area contributed by atoms with E-state index in [-0.39, 0.29) is 5.91 Å². The van der Waals surface area contributed by atoms with Crippen LogP contribution in [0, 0.1) is 5.41 Å². The number of carbonyl (C=O) groups excluding carboxylic acids is 1. The first-order valence-corrected chi connectivity index (χ1v) is 11.9. The summed E-state index contributed by atoms with van der Waals surface area (Å²) >= 11 is 0. The smallest absolute Gasteiger partial charge is 0.229 e. The van der Waals surface area contributed by atoms with Gasteiger partial charge in [0.15, 0.2) is 5.82 Å². The van der Waals surface area contributed by atoms with Crippen LogP contribution in [0.5, 0.6) is 0 Å². The lowest BCUT2D eigenvalue weighted by Gasteiger charge is -2.28. The predicted octanol–water partition coefficient (Wildman–Crippen LogP) is 3.49. The number of anilines is 4. The van der Waals surface area contributed by atoms with Gasteiger partial charge in [-0.2, -0.15) is 5.10 Å². The Balaban J connectivity index is 1.58. The standard InChI is InChI=1S/C25H34N8O/c1-5-18-15-22(32-31-18)29-21-16-23(33-11-9-26-10-12-33)30-20(28-21)14-17-7-6-8-19(13-17)27-24(34)25(2,3)4/h6-8,13,15-16,26H,5,9-12,14H2,1-4H3,(H,27,34)(H2,28,29,30,31,32). The number of aryl methyl sites for hydroxylation is 1. The van der Waals surface area contributed by atoms with E-state index in [0.29, 0.717) is 18.1 Å². The van der Waals surface area contributed by atoms with E-state index in [2.05, 4.69) is 38.0 Å². The Kier molecular flexibility index (Phi) is 7.12. The van der Waals surface area contributed by atoms with Crippen molar-refractivity contribution in [1.29, 1.82) is 0 Å². The summed E-state index contributed by atoms with van der Waals surface area (Å²) in [5.74, 6) is 3.05. The minimum Gasteiger partial charge on any atom is -0.354 e. The average Bonchev–Trinajstić information content (AvgIpc) is 3.26. The maximum Gasteiger partial charge on any atom is 0.229 e. The third kappa shape index (κ3) is 6.11. The molecule has 0 saturated carbocycles. The van der Waals surface area contributed by atoms with Crippen molar-refractivity contribution in [2.45, 2.75) is 40.5 Å². The van der Waals surface area contributed by atoms with Crippen molar-refractivity contribution in [2.24, 2.45) is 5.41 Å². The van der Waals surface area contributed by atoms with Crippen LogP contribution in [0.3, 0.4) is 0 Å². The van der Waals surface area contributed by atoms with Gasteiger partial charge in [-0.1, -0.05) is 39.8 Å². The Labute approximate surface area is 200 Å². The number of aromatic nitrogens is 4. The summed E-state index contributed by atoms with van der Waals surface area (Å²) in [6.45, 7) is 11.4. The Morgan fingerprint density at radius 2 is 1.88 bits per heavy atom. The first kappa shape index (κ1) is 23.7. The fourth-order valence-corrected chi connectivity index (χ4v) is 3.68.